The summed E-state index contributed by atoms with van der Waals surface area (Å²) in [6.07, 6.45) is -13.6. The van der Waals surface area contributed by atoms with E-state index in [-0.39, 0.29) is 0 Å². The fourth-order valence-corrected chi connectivity index (χ4v) is 3.37. The Morgan fingerprint density at radius 1 is 0.900 bits per heavy atom. The van der Waals surface area contributed by atoms with E-state index >= 15 is 0 Å². The zero-order chi connectivity index (χ0) is 22.7. The lowest BCUT2D eigenvalue weighted by Crippen LogP contribution is -2.69. The zero-order valence-electron chi connectivity index (χ0n) is 16.1. The van der Waals surface area contributed by atoms with Gasteiger partial charge < -0.3 is 55.5 Å². The molecule has 0 aromatic rings. The van der Waals surface area contributed by atoms with Gasteiger partial charge in [-0.05, 0) is 0 Å². The van der Waals surface area contributed by atoms with Crippen molar-refractivity contribution < 1.29 is 59.2 Å². The highest BCUT2D eigenvalue weighted by Gasteiger charge is 2.52. The van der Waals surface area contributed by atoms with E-state index < -0.39 is 85.7 Å². The van der Waals surface area contributed by atoms with Crippen molar-refractivity contribution in [2.24, 2.45) is 0 Å². The Hall–Kier alpha value is -1.91. The second-order valence-corrected chi connectivity index (χ2v) is 7.04. The monoisotopic (exact) mass is 438 g/mol. The van der Waals surface area contributed by atoms with Gasteiger partial charge in [-0.1, -0.05) is 0 Å². The second-order valence-electron chi connectivity index (χ2n) is 7.04. The van der Waals surface area contributed by atoms with Crippen molar-refractivity contribution in [2.75, 3.05) is 6.61 Å². The fraction of sp³-hybridized carbons (Fsp3) is 0.812. The molecule has 0 bridgehead atoms. The quantitative estimate of drug-likeness (QED) is 0.195. The minimum atomic E-state index is -1.93. The molecule has 2 saturated heterocycles. The maximum Gasteiger partial charge on any atom is 0.335 e. The molecule has 0 radical (unpaired) electrons. The van der Waals surface area contributed by atoms with Crippen LogP contribution in [0.5, 0.6) is 0 Å². The molecule has 0 aromatic heterocycles. The first kappa shape index (κ1) is 24.4. The Bertz CT molecular complexity index is 648. The molecule has 0 aromatic carbocycles. The van der Waals surface area contributed by atoms with E-state index in [2.05, 4.69) is 10.6 Å². The average molecular weight is 438 g/mol. The lowest BCUT2D eigenvalue weighted by atomic mass is 9.94. The van der Waals surface area contributed by atoms with Gasteiger partial charge in [0.25, 0.3) is 0 Å². The van der Waals surface area contributed by atoms with Gasteiger partial charge in [0.05, 0.1) is 6.61 Å². The van der Waals surface area contributed by atoms with Crippen molar-refractivity contribution in [3.05, 3.63) is 0 Å². The molecule has 0 saturated carbocycles. The van der Waals surface area contributed by atoms with Crippen molar-refractivity contribution in [1.82, 2.24) is 10.6 Å². The minimum absolute atomic E-state index is 0.613. The van der Waals surface area contributed by atoms with Crippen LogP contribution in [0.4, 0.5) is 0 Å². The number of hydrogen-bond donors (Lipinski definition) is 8. The summed E-state index contributed by atoms with van der Waals surface area (Å²) in [4.78, 5) is 34.2. The van der Waals surface area contributed by atoms with Crippen LogP contribution in [0.15, 0.2) is 0 Å². The number of aliphatic hydroxyl groups is 5. The van der Waals surface area contributed by atoms with E-state index in [1.165, 1.54) is 0 Å². The summed E-state index contributed by atoms with van der Waals surface area (Å²) in [5, 5.41) is 64.1. The van der Waals surface area contributed by atoms with E-state index in [0.29, 0.717) is 0 Å². The van der Waals surface area contributed by atoms with Crippen molar-refractivity contribution in [3.63, 3.8) is 0 Å². The number of ether oxygens (including phenoxy) is 3. The summed E-state index contributed by atoms with van der Waals surface area (Å²) in [5.41, 5.74) is 0. The van der Waals surface area contributed by atoms with Gasteiger partial charge in [-0.2, -0.15) is 0 Å². The van der Waals surface area contributed by atoms with Crippen LogP contribution < -0.4 is 10.6 Å². The van der Waals surface area contributed by atoms with Crippen LogP contribution in [0.1, 0.15) is 13.8 Å². The van der Waals surface area contributed by atoms with Crippen molar-refractivity contribution in [1.29, 1.82) is 0 Å². The van der Waals surface area contributed by atoms with Crippen LogP contribution >= 0.6 is 0 Å². The van der Waals surface area contributed by atoms with Gasteiger partial charge in [0.1, 0.15) is 42.6 Å². The number of carbonyl (C=O) groups is 3. The molecule has 30 heavy (non-hydrogen) atoms. The van der Waals surface area contributed by atoms with E-state index in [4.69, 9.17) is 14.2 Å². The first-order valence-corrected chi connectivity index (χ1v) is 9.04. The molecule has 10 atom stereocenters. The molecule has 2 aliphatic rings. The van der Waals surface area contributed by atoms with Gasteiger partial charge in [-0.15, -0.1) is 0 Å². The van der Waals surface area contributed by atoms with Gasteiger partial charge in [-0.25, -0.2) is 4.79 Å². The second kappa shape index (κ2) is 9.93. The van der Waals surface area contributed by atoms with Gasteiger partial charge >= 0.3 is 5.97 Å². The Morgan fingerprint density at radius 3 is 1.97 bits per heavy atom. The average Bonchev–Trinajstić information content (AvgIpc) is 2.65. The largest absolute Gasteiger partial charge is 0.479 e. The summed E-state index contributed by atoms with van der Waals surface area (Å²) in [7, 11) is 0. The molecule has 172 valence electrons. The molecule has 2 fully saturated rings. The molecule has 0 aliphatic carbocycles. The number of carboxylic acid groups (broad SMARTS) is 1. The third-order valence-corrected chi connectivity index (χ3v) is 4.75. The van der Waals surface area contributed by atoms with Crippen LogP contribution in [0.3, 0.4) is 0 Å². The summed E-state index contributed by atoms with van der Waals surface area (Å²) in [5.74, 6) is -2.90. The van der Waals surface area contributed by atoms with E-state index in [9.17, 15) is 45.0 Å². The first-order valence-electron chi connectivity index (χ1n) is 9.04. The maximum atomic E-state index is 11.5. The van der Waals surface area contributed by atoms with Crippen LogP contribution in [0.25, 0.3) is 0 Å². The lowest BCUT2D eigenvalue weighted by Gasteiger charge is -2.46. The van der Waals surface area contributed by atoms with E-state index in [0.717, 1.165) is 13.8 Å². The van der Waals surface area contributed by atoms with E-state index in [1.807, 2.05) is 0 Å². The highest BCUT2D eigenvalue weighted by molar-refractivity contribution is 5.75. The Morgan fingerprint density at radius 2 is 1.47 bits per heavy atom. The Balaban J connectivity index is 2.31. The minimum Gasteiger partial charge on any atom is -0.479 e. The van der Waals surface area contributed by atoms with E-state index in [1.54, 1.807) is 0 Å². The summed E-state index contributed by atoms with van der Waals surface area (Å²) in [6, 6.07) is -2.82. The van der Waals surface area contributed by atoms with Crippen molar-refractivity contribution >= 4 is 17.8 Å². The zero-order valence-corrected chi connectivity index (χ0v) is 16.1. The number of aliphatic carboxylic acids is 1. The molecule has 0 spiro atoms. The molecule has 0 unspecified atom stereocenters. The predicted molar refractivity (Wildman–Crippen MR) is 92.4 cm³/mol. The van der Waals surface area contributed by atoms with Gasteiger partial charge in [-0.3, -0.25) is 9.59 Å². The molecule has 2 heterocycles. The third-order valence-electron chi connectivity index (χ3n) is 4.75. The summed E-state index contributed by atoms with van der Waals surface area (Å²) >= 11 is 0. The number of nitrogens with one attached hydrogen (secondary N) is 2. The van der Waals surface area contributed by atoms with Crippen molar-refractivity contribution in [2.45, 2.75) is 75.1 Å². The first-order chi connectivity index (χ1) is 14.0. The standard InChI is InChI=1S/C16H26N2O12/c1-4(20)17-7-10(23)12(6(3-19)28-15(7)27)29-16-8(18-5(2)21)9(22)11(24)13(30-16)14(25)26/h6-13,15-16,19,22-24,27H,3H2,1-2H3,(H,17,20)(H,18,21)(H,25,26)/t6-,7-,8-,9-,10-,11-,12-,13+,15+,16-/m1/s1. The number of hydrogen-bond acceptors (Lipinski definition) is 11. The van der Waals surface area contributed by atoms with Gasteiger partial charge in [0, 0.05) is 13.8 Å². The van der Waals surface area contributed by atoms with Crippen LogP contribution in [0.2, 0.25) is 0 Å². The highest BCUT2D eigenvalue weighted by atomic mass is 16.7. The number of carbonyl (C=O) groups excluding carboxylic acids is 2. The molecule has 14 heteroatoms. The molecular weight excluding hydrogens is 412 g/mol. The maximum absolute atomic E-state index is 11.5. The fourth-order valence-electron chi connectivity index (χ4n) is 3.37. The molecule has 14 nitrogen and oxygen atoms in total. The lowest BCUT2D eigenvalue weighted by molar-refractivity contribution is -0.323. The number of rotatable bonds is 6. The Kier molecular flexibility index (Phi) is 8.06. The molecule has 2 rings (SSSR count). The normalized spacial score (nSPS) is 41.7. The molecule has 2 amide bonds. The third kappa shape index (κ3) is 5.22. The number of amides is 2. The molecular formula is C16H26N2O12. The predicted octanol–water partition coefficient (Wildman–Crippen LogP) is -5.02. The summed E-state index contributed by atoms with van der Waals surface area (Å²) in [6.45, 7) is 1.47. The molecule has 2 aliphatic heterocycles. The topological polar surface area (TPSA) is 224 Å². The van der Waals surface area contributed by atoms with Gasteiger partial charge in [0.15, 0.2) is 18.7 Å². The number of carboxylic acids is 1. The van der Waals surface area contributed by atoms with Crippen LogP contribution in [0, 0.1) is 0 Å². The van der Waals surface area contributed by atoms with Crippen molar-refractivity contribution in [3.8, 4) is 0 Å². The number of aliphatic hydroxyl groups excluding tert-OH is 5. The highest BCUT2D eigenvalue weighted by Crippen LogP contribution is 2.29. The van der Waals surface area contributed by atoms with Crippen LogP contribution in [-0.4, -0.2) is 116 Å². The summed E-state index contributed by atoms with van der Waals surface area (Å²) < 4.78 is 15.9. The van der Waals surface area contributed by atoms with Gasteiger partial charge in [0.2, 0.25) is 11.8 Å². The molecule has 8 N–H and O–H groups in total. The SMILES string of the molecule is CC(=O)N[C@@H]1[C@@H](O)[C@H](O[C@@H]2O[C@H](C(=O)O)[C@H](O)[C@H](O)[C@H]2NC(C)=O)[C@@H](CO)O[C@@H]1O. The van der Waals surface area contributed by atoms with Crippen LogP contribution in [-0.2, 0) is 28.6 Å². The Labute approximate surface area is 170 Å². The smallest absolute Gasteiger partial charge is 0.335 e.